The van der Waals surface area contributed by atoms with Crippen LogP contribution in [0.5, 0.6) is 5.75 Å². The van der Waals surface area contributed by atoms with Crippen molar-refractivity contribution in [2.45, 2.75) is 44.1 Å². The summed E-state index contributed by atoms with van der Waals surface area (Å²) < 4.78 is 11.5. The second kappa shape index (κ2) is 5.32. The summed E-state index contributed by atoms with van der Waals surface area (Å²) in [6, 6.07) is 13.2. The van der Waals surface area contributed by atoms with Crippen molar-refractivity contribution >= 4 is 10.8 Å². The third-order valence-electron chi connectivity index (χ3n) is 4.86. The van der Waals surface area contributed by atoms with Crippen LogP contribution in [-0.2, 0) is 11.3 Å². The van der Waals surface area contributed by atoms with Gasteiger partial charge in [-0.2, -0.15) is 0 Å². The van der Waals surface area contributed by atoms with Gasteiger partial charge in [0, 0.05) is 18.2 Å². The largest absolute Gasteiger partial charge is 0.496 e. The number of benzene rings is 2. The molecule has 0 radical (unpaired) electrons. The minimum Gasteiger partial charge on any atom is -0.496 e. The van der Waals surface area contributed by atoms with E-state index >= 15 is 0 Å². The van der Waals surface area contributed by atoms with Crippen molar-refractivity contribution < 1.29 is 9.47 Å². The fourth-order valence-corrected chi connectivity index (χ4v) is 3.78. The minimum atomic E-state index is 0.413. The highest BCUT2D eigenvalue weighted by molar-refractivity contribution is 5.87. The van der Waals surface area contributed by atoms with Crippen LogP contribution in [0.25, 0.3) is 10.8 Å². The van der Waals surface area contributed by atoms with Gasteiger partial charge in [-0.1, -0.05) is 30.3 Å². The van der Waals surface area contributed by atoms with Gasteiger partial charge in [0.2, 0.25) is 0 Å². The molecule has 3 nitrogen and oxygen atoms in total. The maximum absolute atomic E-state index is 5.92. The van der Waals surface area contributed by atoms with E-state index in [-0.39, 0.29) is 0 Å². The van der Waals surface area contributed by atoms with Gasteiger partial charge in [-0.05, 0) is 36.1 Å². The molecule has 0 aromatic heterocycles. The minimum absolute atomic E-state index is 0.413. The van der Waals surface area contributed by atoms with Gasteiger partial charge in [0.15, 0.2) is 0 Å². The fraction of sp³-hybridized carbons (Fsp3) is 0.444. The molecule has 2 aromatic carbocycles. The number of hydrogen-bond acceptors (Lipinski definition) is 3. The highest BCUT2D eigenvalue weighted by Crippen LogP contribution is 2.35. The van der Waals surface area contributed by atoms with Crippen LogP contribution in [-0.4, -0.2) is 25.4 Å². The molecule has 2 aliphatic heterocycles. The fourth-order valence-electron chi connectivity index (χ4n) is 3.78. The van der Waals surface area contributed by atoms with Crippen molar-refractivity contribution in [3.8, 4) is 5.75 Å². The van der Waals surface area contributed by atoms with Gasteiger partial charge in [0.05, 0.1) is 19.3 Å². The van der Waals surface area contributed by atoms with Crippen LogP contribution in [0.4, 0.5) is 0 Å². The molecule has 2 aromatic rings. The van der Waals surface area contributed by atoms with Crippen molar-refractivity contribution in [1.29, 1.82) is 0 Å². The molecule has 4 rings (SSSR count). The molecule has 1 N–H and O–H groups in total. The molecule has 0 amide bonds. The lowest BCUT2D eigenvalue weighted by Crippen LogP contribution is -2.37. The summed E-state index contributed by atoms with van der Waals surface area (Å²) in [5.74, 6) is 0.963. The van der Waals surface area contributed by atoms with Crippen molar-refractivity contribution in [3.05, 3.63) is 42.0 Å². The summed E-state index contributed by atoms with van der Waals surface area (Å²) in [7, 11) is 1.74. The molecule has 2 fully saturated rings. The van der Waals surface area contributed by atoms with Gasteiger partial charge in [-0.3, -0.25) is 0 Å². The Morgan fingerprint density at radius 1 is 1.19 bits per heavy atom. The molecule has 3 unspecified atom stereocenters. The molecule has 0 aliphatic carbocycles. The molecule has 0 spiro atoms. The maximum Gasteiger partial charge on any atom is 0.123 e. The van der Waals surface area contributed by atoms with Gasteiger partial charge in [0.1, 0.15) is 5.75 Å². The number of methoxy groups -OCH3 is 1. The summed E-state index contributed by atoms with van der Waals surface area (Å²) in [5.41, 5.74) is 1.25. The first-order valence-electron chi connectivity index (χ1n) is 7.78. The summed E-state index contributed by atoms with van der Waals surface area (Å²) in [4.78, 5) is 0. The zero-order chi connectivity index (χ0) is 14.2. The van der Waals surface area contributed by atoms with E-state index in [1.807, 2.05) is 0 Å². The van der Waals surface area contributed by atoms with Crippen molar-refractivity contribution in [1.82, 2.24) is 5.32 Å². The molecule has 0 saturated carbocycles. The van der Waals surface area contributed by atoms with Crippen LogP contribution >= 0.6 is 0 Å². The van der Waals surface area contributed by atoms with Crippen LogP contribution in [0.3, 0.4) is 0 Å². The smallest absolute Gasteiger partial charge is 0.123 e. The standard InChI is InChI=1S/C18H21NO2/c1-20-17-8-6-12-4-2-3-5-14(12)15(17)11-19-16-10-13-7-9-18(16)21-13/h2-6,8,13,16,18-19H,7,9-11H2,1H3. The lowest BCUT2D eigenvalue weighted by Gasteiger charge is -2.21. The Bertz CT molecular complexity index is 655. The van der Waals surface area contributed by atoms with E-state index in [0.29, 0.717) is 18.2 Å². The predicted molar refractivity (Wildman–Crippen MR) is 83.6 cm³/mol. The number of nitrogens with one attached hydrogen (secondary N) is 1. The molecule has 21 heavy (non-hydrogen) atoms. The van der Waals surface area contributed by atoms with Crippen molar-refractivity contribution in [3.63, 3.8) is 0 Å². The van der Waals surface area contributed by atoms with Gasteiger partial charge in [-0.25, -0.2) is 0 Å². The first-order valence-corrected chi connectivity index (χ1v) is 7.78. The van der Waals surface area contributed by atoms with Crippen molar-refractivity contribution in [2.75, 3.05) is 7.11 Å². The lowest BCUT2D eigenvalue weighted by molar-refractivity contribution is 0.0972. The first-order chi connectivity index (χ1) is 10.3. The first kappa shape index (κ1) is 13.1. The maximum atomic E-state index is 5.92. The van der Waals surface area contributed by atoms with Crippen LogP contribution < -0.4 is 10.1 Å². The second-order valence-corrected chi connectivity index (χ2v) is 6.06. The molecular formula is C18H21NO2. The third-order valence-corrected chi connectivity index (χ3v) is 4.86. The highest BCUT2D eigenvalue weighted by Gasteiger charge is 2.40. The van der Waals surface area contributed by atoms with Gasteiger partial charge >= 0.3 is 0 Å². The van der Waals surface area contributed by atoms with Crippen LogP contribution in [0.1, 0.15) is 24.8 Å². The Hall–Kier alpha value is -1.58. The van der Waals surface area contributed by atoms with Gasteiger partial charge in [0.25, 0.3) is 0 Å². The van der Waals surface area contributed by atoms with Crippen molar-refractivity contribution in [2.24, 2.45) is 0 Å². The Kier molecular flexibility index (Phi) is 3.32. The Balaban J connectivity index is 1.60. The number of ether oxygens (including phenoxy) is 2. The second-order valence-electron chi connectivity index (χ2n) is 6.06. The number of rotatable bonds is 4. The molecule has 2 aliphatic rings. The van der Waals surface area contributed by atoms with Gasteiger partial charge in [-0.15, -0.1) is 0 Å². The quantitative estimate of drug-likeness (QED) is 0.934. The molecule has 110 valence electrons. The van der Waals surface area contributed by atoms with E-state index in [4.69, 9.17) is 9.47 Å². The molecule has 2 heterocycles. The SMILES string of the molecule is COc1ccc2ccccc2c1CNC1CC2CCC1O2. The molecular weight excluding hydrogens is 262 g/mol. The Morgan fingerprint density at radius 3 is 2.86 bits per heavy atom. The average molecular weight is 283 g/mol. The van der Waals surface area contributed by atoms with Gasteiger partial charge < -0.3 is 14.8 Å². The normalized spacial score (nSPS) is 27.4. The van der Waals surface area contributed by atoms with Crippen LogP contribution in [0.15, 0.2) is 36.4 Å². The van der Waals surface area contributed by atoms with E-state index in [2.05, 4.69) is 41.7 Å². The monoisotopic (exact) mass is 283 g/mol. The Morgan fingerprint density at radius 2 is 2.10 bits per heavy atom. The average Bonchev–Trinajstić information content (AvgIpc) is 3.15. The topological polar surface area (TPSA) is 30.5 Å². The van der Waals surface area contributed by atoms with E-state index < -0.39 is 0 Å². The third kappa shape index (κ3) is 2.30. The molecule has 3 heteroatoms. The van der Waals surface area contributed by atoms with E-state index in [0.717, 1.165) is 18.7 Å². The molecule has 2 saturated heterocycles. The predicted octanol–water partition coefficient (Wildman–Crippen LogP) is 3.26. The van der Waals surface area contributed by atoms with Crippen LogP contribution in [0.2, 0.25) is 0 Å². The van der Waals surface area contributed by atoms with Crippen LogP contribution in [0, 0.1) is 0 Å². The summed E-state index contributed by atoms with van der Waals surface area (Å²) >= 11 is 0. The van der Waals surface area contributed by atoms with E-state index in [1.165, 1.54) is 29.2 Å². The Labute approximate surface area is 125 Å². The zero-order valence-electron chi connectivity index (χ0n) is 12.3. The number of hydrogen-bond donors (Lipinski definition) is 1. The number of fused-ring (bicyclic) bond motifs is 3. The zero-order valence-corrected chi connectivity index (χ0v) is 12.3. The highest BCUT2D eigenvalue weighted by atomic mass is 16.5. The summed E-state index contributed by atoms with van der Waals surface area (Å²) in [5, 5.41) is 6.23. The summed E-state index contributed by atoms with van der Waals surface area (Å²) in [6.45, 7) is 0.835. The molecule has 2 bridgehead atoms. The van der Waals surface area contributed by atoms with E-state index in [1.54, 1.807) is 7.11 Å². The lowest BCUT2D eigenvalue weighted by atomic mass is 9.95. The molecule has 3 atom stereocenters. The summed E-state index contributed by atoms with van der Waals surface area (Å²) in [6.07, 6.45) is 4.49. The van der Waals surface area contributed by atoms with E-state index in [9.17, 15) is 0 Å².